The maximum absolute atomic E-state index is 12.3. The molecule has 0 aromatic heterocycles. The Bertz CT molecular complexity index is 723. The van der Waals surface area contributed by atoms with Crippen molar-refractivity contribution in [3.05, 3.63) is 35.9 Å². The van der Waals surface area contributed by atoms with Crippen LogP contribution in [0.3, 0.4) is 0 Å². The fraction of sp³-hybridized carbons (Fsp3) is 0.421. The molecule has 0 saturated carbocycles. The van der Waals surface area contributed by atoms with E-state index in [1.807, 2.05) is 18.2 Å². The number of nitrogens with one attached hydrogen (secondary N) is 4. The molecule has 1 aromatic rings. The van der Waals surface area contributed by atoms with Crippen LogP contribution >= 0.6 is 0 Å². The van der Waals surface area contributed by atoms with Crippen LogP contribution in [0.2, 0.25) is 0 Å². The van der Waals surface area contributed by atoms with Crippen LogP contribution in [0.1, 0.15) is 12.5 Å². The molecule has 0 spiro atoms. The highest BCUT2D eigenvalue weighted by Gasteiger charge is 2.21. The Morgan fingerprint density at radius 3 is 2.10 bits per heavy atom. The summed E-state index contributed by atoms with van der Waals surface area (Å²) in [4.78, 5) is 58.5. The minimum atomic E-state index is -0.914. The molecule has 0 radical (unpaired) electrons. The summed E-state index contributed by atoms with van der Waals surface area (Å²) in [5.74, 6) is -2.33. The van der Waals surface area contributed by atoms with Gasteiger partial charge in [0.2, 0.25) is 23.6 Å². The zero-order valence-electron chi connectivity index (χ0n) is 16.4. The number of ketones is 1. The van der Waals surface area contributed by atoms with Crippen LogP contribution in [-0.4, -0.2) is 68.8 Å². The first kappa shape index (κ1) is 23.8. The highest BCUT2D eigenvalue weighted by atomic mass is 16.5. The van der Waals surface area contributed by atoms with Crippen molar-refractivity contribution in [2.45, 2.75) is 19.4 Å². The average Bonchev–Trinajstić information content (AvgIpc) is 2.69. The third kappa shape index (κ3) is 10.6. The molecule has 0 aliphatic carbocycles. The van der Waals surface area contributed by atoms with E-state index in [1.54, 1.807) is 12.1 Å². The van der Waals surface area contributed by atoms with Gasteiger partial charge in [-0.25, -0.2) is 0 Å². The number of amides is 4. The molecule has 0 heterocycles. The summed E-state index contributed by atoms with van der Waals surface area (Å²) in [6.45, 7) is 0.348. The zero-order valence-corrected chi connectivity index (χ0v) is 16.4. The van der Waals surface area contributed by atoms with Crippen LogP contribution in [0.15, 0.2) is 30.3 Å². The number of carbonyl (C=O) groups is 5. The van der Waals surface area contributed by atoms with Crippen molar-refractivity contribution in [2.24, 2.45) is 0 Å². The van der Waals surface area contributed by atoms with E-state index in [0.29, 0.717) is 0 Å². The van der Waals surface area contributed by atoms with Gasteiger partial charge in [-0.15, -0.1) is 0 Å². The van der Waals surface area contributed by atoms with Crippen molar-refractivity contribution < 1.29 is 28.7 Å². The highest BCUT2D eigenvalue weighted by molar-refractivity contribution is 5.92. The zero-order chi connectivity index (χ0) is 21.6. The summed E-state index contributed by atoms with van der Waals surface area (Å²) >= 11 is 0. The predicted octanol–water partition coefficient (Wildman–Crippen LogP) is -1.70. The van der Waals surface area contributed by atoms with Crippen molar-refractivity contribution in [3.63, 3.8) is 0 Å². The van der Waals surface area contributed by atoms with Gasteiger partial charge >= 0.3 is 0 Å². The number of hydrogen-bond donors (Lipinski definition) is 4. The predicted molar refractivity (Wildman–Crippen MR) is 104 cm³/mol. The molecule has 0 aliphatic heterocycles. The molecule has 0 bridgehead atoms. The minimum absolute atomic E-state index is 0.141. The van der Waals surface area contributed by atoms with Crippen molar-refractivity contribution in [1.82, 2.24) is 21.3 Å². The third-order valence-electron chi connectivity index (χ3n) is 3.61. The fourth-order valence-electron chi connectivity index (χ4n) is 2.24. The second kappa shape index (κ2) is 13.0. The van der Waals surface area contributed by atoms with Gasteiger partial charge in [0.05, 0.1) is 19.6 Å². The largest absolute Gasteiger partial charge is 0.375 e. The van der Waals surface area contributed by atoms with Crippen LogP contribution in [0.5, 0.6) is 0 Å². The van der Waals surface area contributed by atoms with Gasteiger partial charge in [-0.05, 0) is 12.5 Å². The maximum atomic E-state index is 12.3. The topological polar surface area (TPSA) is 143 Å². The number of methoxy groups -OCH3 is 1. The number of benzene rings is 1. The Morgan fingerprint density at radius 1 is 0.862 bits per heavy atom. The first-order valence-corrected chi connectivity index (χ1v) is 8.94. The highest BCUT2D eigenvalue weighted by Crippen LogP contribution is 2.03. The number of rotatable bonds is 12. The molecule has 10 nitrogen and oxygen atoms in total. The Hall–Kier alpha value is -3.27. The summed E-state index contributed by atoms with van der Waals surface area (Å²) in [6, 6.07) is 8.14. The molecular weight excluding hydrogens is 380 g/mol. The van der Waals surface area contributed by atoms with Crippen molar-refractivity contribution in [1.29, 1.82) is 0 Å². The summed E-state index contributed by atoms with van der Waals surface area (Å²) in [5.41, 5.74) is 0.820. The van der Waals surface area contributed by atoms with Crippen LogP contribution in [-0.2, 0) is 35.1 Å². The molecule has 0 saturated heterocycles. The van der Waals surface area contributed by atoms with E-state index < -0.39 is 29.7 Å². The standard InChI is InChI=1S/C19H26N4O6/c1-13(24)9-22-19(28)15(8-14-6-4-3-5-7-14)23-17(26)11-20-16(25)10-21-18(27)12-29-2/h3-7,15H,8-12H2,1-2H3,(H,20,25)(H,21,27)(H,22,28)(H,23,26). The normalized spacial score (nSPS) is 11.1. The van der Waals surface area contributed by atoms with Crippen LogP contribution in [0.4, 0.5) is 0 Å². The van der Waals surface area contributed by atoms with Gasteiger partial charge < -0.3 is 26.0 Å². The van der Waals surface area contributed by atoms with E-state index in [2.05, 4.69) is 26.0 Å². The molecule has 1 rings (SSSR count). The van der Waals surface area contributed by atoms with E-state index in [4.69, 9.17) is 0 Å². The number of carbonyl (C=O) groups excluding carboxylic acids is 5. The Kier molecular flexibility index (Phi) is 10.7. The molecule has 1 aromatic carbocycles. The van der Waals surface area contributed by atoms with Crippen LogP contribution in [0, 0.1) is 0 Å². The SMILES string of the molecule is COCC(=O)NCC(=O)NCC(=O)NC(Cc1ccccc1)C(=O)NCC(C)=O. The van der Waals surface area contributed by atoms with Crippen LogP contribution in [0.25, 0.3) is 0 Å². The third-order valence-corrected chi connectivity index (χ3v) is 3.61. The Balaban J connectivity index is 2.56. The number of ether oxygens (including phenoxy) is 1. The summed E-state index contributed by atoms with van der Waals surface area (Å²) < 4.78 is 4.62. The molecule has 29 heavy (non-hydrogen) atoms. The number of hydrogen-bond acceptors (Lipinski definition) is 6. The lowest BCUT2D eigenvalue weighted by molar-refractivity contribution is -0.131. The number of Topliss-reactive ketones (excluding diaryl/α,β-unsaturated/α-hetero) is 1. The summed E-state index contributed by atoms with van der Waals surface area (Å²) in [6.07, 6.45) is 0.220. The van der Waals surface area contributed by atoms with E-state index >= 15 is 0 Å². The van der Waals surface area contributed by atoms with Crippen molar-refractivity contribution in [2.75, 3.05) is 33.4 Å². The monoisotopic (exact) mass is 406 g/mol. The van der Waals surface area contributed by atoms with Gasteiger partial charge in [-0.2, -0.15) is 0 Å². The molecule has 4 amide bonds. The fourth-order valence-corrected chi connectivity index (χ4v) is 2.24. The smallest absolute Gasteiger partial charge is 0.246 e. The van der Waals surface area contributed by atoms with Gasteiger partial charge in [0.25, 0.3) is 0 Å². The average molecular weight is 406 g/mol. The lowest BCUT2D eigenvalue weighted by Gasteiger charge is -2.18. The molecule has 4 N–H and O–H groups in total. The van der Waals surface area contributed by atoms with Gasteiger partial charge in [0, 0.05) is 13.5 Å². The van der Waals surface area contributed by atoms with E-state index in [0.717, 1.165) is 5.56 Å². The van der Waals surface area contributed by atoms with Gasteiger partial charge in [-0.3, -0.25) is 24.0 Å². The molecular formula is C19H26N4O6. The minimum Gasteiger partial charge on any atom is -0.375 e. The second-order valence-electron chi connectivity index (χ2n) is 6.22. The van der Waals surface area contributed by atoms with Crippen molar-refractivity contribution in [3.8, 4) is 0 Å². The molecule has 158 valence electrons. The maximum Gasteiger partial charge on any atom is 0.246 e. The van der Waals surface area contributed by atoms with Gasteiger partial charge in [0.15, 0.2) is 0 Å². The van der Waals surface area contributed by atoms with E-state index in [-0.39, 0.29) is 38.4 Å². The lowest BCUT2D eigenvalue weighted by Crippen LogP contribution is -2.51. The summed E-state index contributed by atoms with van der Waals surface area (Å²) in [7, 11) is 1.35. The first-order chi connectivity index (χ1) is 13.8. The Morgan fingerprint density at radius 2 is 1.48 bits per heavy atom. The Labute approximate surface area is 168 Å². The molecule has 0 aliphatic rings. The molecule has 10 heteroatoms. The van der Waals surface area contributed by atoms with Gasteiger partial charge in [-0.1, -0.05) is 30.3 Å². The van der Waals surface area contributed by atoms with Crippen molar-refractivity contribution >= 4 is 29.4 Å². The molecule has 1 unspecified atom stereocenters. The van der Waals surface area contributed by atoms with E-state index in [1.165, 1.54) is 14.0 Å². The first-order valence-electron chi connectivity index (χ1n) is 8.94. The van der Waals surface area contributed by atoms with Gasteiger partial charge in [0.1, 0.15) is 18.4 Å². The molecule has 0 fully saturated rings. The lowest BCUT2D eigenvalue weighted by atomic mass is 10.1. The second-order valence-corrected chi connectivity index (χ2v) is 6.22. The summed E-state index contributed by atoms with van der Waals surface area (Å²) in [5, 5.41) is 9.68. The van der Waals surface area contributed by atoms with Crippen LogP contribution < -0.4 is 21.3 Å². The molecule has 1 atom stereocenters. The quantitative estimate of drug-likeness (QED) is 0.326. The van der Waals surface area contributed by atoms with E-state index in [9.17, 15) is 24.0 Å².